The first kappa shape index (κ1) is 19.3. The summed E-state index contributed by atoms with van der Waals surface area (Å²) in [6.07, 6.45) is -0.802. The van der Waals surface area contributed by atoms with E-state index in [9.17, 15) is 9.59 Å². The fourth-order valence-corrected chi connectivity index (χ4v) is 4.99. The lowest BCUT2D eigenvalue weighted by Gasteiger charge is -2.35. The zero-order chi connectivity index (χ0) is 19.8. The molecule has 3 aliphatic rings. The Morgan fingerprint density at radius 2 is 1.68 bits per heavy atom. The van der Waals surface area contributed by atoms with Crippen LogP contribution in [0.1, 0.15) is 12.5 Å². The normalized spacial score (nSPS) is 25.3. The van der Waals surface area contributed by atoms with Gasteiger partial charge in [0.05, 0.1) is 0 Å². The number of halogens is 1. The Morgan fingerprint density at radius 3 is 2.21 bits per heavy atom. The second-order valence-corrected chi connectivity index (χ2v) is 8.58. The number of rotatable bonds is 3. The fourth-order valence-electron chi connectivity index (χ4n) is 4.76. The summed E-state index contributed by atoms with van der Waals surface area (Å²) >= 11 is 6.59. The van der Waals surface area contributed by atoms with E-state index in [1.54, 1.807) is 11.8 Å². The Bertz CT molecular complexity index is 752. The van der Waals surface area contributed by atoms with Crippen LogP contribution < -0.4 is 4.90 Å². The third-order valence-electron chi connectivity index (χ3n) is 6.35. The average molecular weight is 407 g/mol. The van der Waals surface area contributed by atoms with E-state index in [4.69, 9.17) is 16.7 Å². The molecule has 28 heavy (non-hydrogen) atoms. The summed E-state index contributed by atoms with van der Waals surface area (Å²) in [5.41, 5.74) is 2.22. The second kappa shape index (κ2) is 7.79. The van der Waals surface area contributed by atoms with Gasteiger partial charge in [0.15, 0.2) is 0 Å². The number of nitrogens with zero attached hydrogens (tertiary/aromatic N) is 4. The Morgan fingerprint density at radius 1 is 1.04 bits per heavy atom. The van der Waals surface area contributed by atoms with Crippen LogP contribution in [0, 0.1) is 11.8 Å². The van der Waals surface area contributed by atoms with Crippen LogP contribution in [0.3, 0.4) is 0 Å². The summed E-state index contributed by atoms with van der Waals surface area (Å²) in [5, 5.41) is 9.93. The van der Waals surface area contributed by atoms with Crippen molar-refractivity contribution in [2.75, 3.05) is 57.3 Å². The maximum atomic E-state index is 11.5. The van der Waals surface area contributed by atoms with Crippen LogP contribution in [-0.4, -0.2) is 84.2 Å². The Hall–Kier alpha value is -1.99. The first-order valence-electron chi connectivity index (χ1n) is 9.90. The monoisotopic (exact) mass is 406 g/mol. The van der Waals surface area contributed by atoms with Gasteiger partial charge in [-0.05, 0) is 29.5 Å². The van der Waals surface area contributed by atoms with Gasteiger partial charge < -0.3 is 19.8 Å². The minimum atomic E-state index is -0.802. The molecule has 0 spiro atoms. The highest BCUT2D eigenvalue weighted by Crippen LogP contribution is 2.33. The number of carbonyl (C=O) groups excluding carboxylic acids is 1. The molecule has 3 heterocycles. The molecule has 3 fully saturated rings. The summed E-state index contributed by atoms with van der Waals surface area (Å²) in [6, 6.07) is 6.25. The fraction of sp³-hybridized carbons (Fsp3) is 0.600. The highest BCUT2D eigenvalue weighted by atomic mass is 35.5. The lowest BCUT2D eigenvalue weighted by molar-refractivity contribution is -0.129. The van der Waals surface area contributed by atoms with E-state index in [1.165, 1.54) is 0 Å². The third-order valence-corrected chi connectivity index (χ3v) is 6.70. The second-order valence-electron chi connectivity index (χ2n) is 8.17. The number of piperazine rings is 1. The number of amides is 2. The summed E-state index contributed by atoms with van der Waals surface area (Å²) < 4.78 is 0. The SMILES string of the molecule is CC(=O)N1CCN(c2ccc(CN3CC4CN(C(=O)O)CC4C3)c(Cl)c2)CC1. The molecule has 7 nitrogen and oxygen atoms in total. The summed E-state index contributed by atoms with van der Waals surface area (Å²) in [5.74, 6) is 1.01. The van der Waals surface area contributed by atoms with E-state index in [1.807, 2.05) is 11.0 Å². The van der Waals surface area contributed by atoms with E-state index in [2.05, 4.69) is 21.9 Å². The van der Waals surface area contributed by atoms with Gasteiger partial charge >= 0.3 is 6.09 Å². The summed E-state index contributed by atoms with van der Waals surface area (Å²) in [4.78, 5) is 30.7. The predicted molar refractivity (Wildman–Crippen MR) is 108 cm³/mol. The number of fused-ring (bicyclic) bond motifs is 1. The standard InChI is InChI=1S/C20H27ClN4O3/c1-14(26)23-4-6-24(7-5-23)18-3-2-15(19(21)8-18)9-22-10-16-12-25(20(27)28)13-17(16)11-22/h2-3,8,16-17H,4-7,9-13H2,1H3,(H,27,28). The Labute approximate surface area is 170 Å². The van der Waals surface area contributed by atoms with Crippen molar-refractivity contribution in [3.05, 3.63) is 28.8 Å². The van der Waals surface area contributed by atoms with Crippen LogP contribution in [0.5, 0.6) is 0 Å². The van der Waals surface area contributed by atoms with Gasteiger partial charge in [0.25, 0.3) is 0 Å². The number of hydrogen-bond donors (Lipinski definition) is 1. The van der Waals surface area contributed by atoms with Gasteiger partial charge in [-0.3, -0.25) is 9.69 Å². The topological polar surface area (TPSA) is 67.3 Å². The molecule has 0 bridgehead atoms. The zero-order valence-electron chi connectivity index (χ0n) is 16.2. The van der Waals surface area contributed by atoms with Crippen molar-refractivity contribution in [1.29, 1.82) is 0 Å². The lowest BCUT2D eigenvalue weighted by Crippen LogP contribution is -2.48. The van der Waals surface area contributed by atoms with Crippen LogP contribution >= 0.6 is 11.6 Å². The van der Waals surface area contributed by atoms with E-state index >= 15 is 0 Å². The first-order valence-corrected chi connectivity index (χ1v) is 10.3. The minimum Gasteiger partial charge on any atom is -0.465 e. The van der Waals surface area contributed by atoms with Crippen molar-refractivity contribution in [2.45, 2.75) is 13.5 Å². The molecule has 2 unspecified atom stereocenters. The molecular formula is C20H27ClN4O3. The molecule has 0 aromatic heterocycles. The molecular weight excluding hydrogens is 380 g/mol. The van der Waals surface area contributed by atoms with Gasteiger partial charge in [-0.1, -0.05) is 17.7 Å². The van der Waals surface area contributed by atoms with Crippen LogP contribution in [0.4, 0.5) is 10.5 Å². The number of hydrogen-bond acceptors (Lipinski definition) is 4. The molecule has 152 valence electrons. The molecule has 0 aliphatic carbocycles. The van der Waals surface area contributed by atoms with Crippen LogP contribution in [0.25, 0.3) is 0 Å². The van der Waals surface area contributed by atoms with Crippen molar-refractivity contribution >= 4 is 29.3 Å². The van der Waals surface area contributed by atoms with Crippen molar-refractivity contribution in [1.82, 2.24) is 14.7 Å². The molecule has 1 aromatic rings. The summed E-state index contributed by atoms with van der Waals surface area (Å²) in [6.45, 7) is 8.72. The predicted octanol–water partition coefficient (Wildman–Crippen LogP) is 2.05. The lowest BCUT2D eigenvalue weighted by atomic mass is 10.0. The summed E-state index contributed by atoms with van der Waals surface area (Å²) in [7, 11) is 0. The smallest absolute Gasteiger partial charge is 0.407 e. The van der Waals surface area contributed by atoms with Gasteiger partial charge in [-0.15, -0.1) is 0 Å². The molecule has 0 radical (unpaired) electrons. The largest absolute Gasteiger partial charge is 0.465 e. The Kier molecular flexibility index (Phi) is 5.38. The number of likely N-dealkylation sites (tertiary alicyclic amines) is 2. The molecule has 2 atom stereocenters. The Balaban J connectivity index is 1.34. The maximum Gasteiger partial charge on any atom is 0.407 e. The van der Waals surface area contributed by atoms with Gasteiger partial charge in [-0.25, -0.2) is 4.79 Å². The molecule has 0 saturated carbocycles. The highest BCUT2D eigenvalue weighted by Gasteiger charge is 2.41. The van der Waals surface area contributed by atoms with E-state index in [0.29, 0.717) is 24.9 Å². The number of carboxylic acid groups (broad SMARTS) is 1. The van der Waals surface area contributed by atoms with Crippen molar-refractivity contribution < 1.29 is 14.7 Å². The quantitative estimate of drug-likeness (QED) is 0.832. The molecule has 3 saturated heterocycles. The number of carbonyl (C=O) groups is 2. The van der Waals surface area contributed by atoms with Crippen molar-refractivity contribution in [3.8, 4) is 0 Å². The minimum absolute atomic E-state index is 0.134. The van der Waals surface area contributed by atoms with E-state index in [0.717, 1.165) is 62.1 Å². The third kappa shape index (κ3) is 3.91. The van der Waals surface area contributed by atoms with E-state index < -0.39 is 6.09 Å². The number of anilines is 1. The molecule has 8 heteroatoms. The maximum absolute atomic E-state index is 11.5. The van der Waals surface area contributed by atoms with Crippen LogP contribution in [0.15, 0.2) is 18.2 Å². The van der Waals surface area contributed by atoms with Crippen molar-refractivity contribution in [3.63, 3.8) is 0 Å². The molecule has 2 amide bonds. The van der Waals surface area contributed by atoms with Crippen LogP contribution in [-0.2, 0) is 11.3 Å². The highest BCUT2D eigenvalue weighted by molar-refractivity contribution is 6.31. The van der Waals surface area contributed by atoms with Gasteiger partial charge in [0.2, 0.25) is 5.91 Å². The molecule has 4 rings (SSSR count). The molecule has 1 aromatic carbocycles. The zero-order valence-corrected chi connectivity index (χ0v) is 16.9. The van der Waals surface area contributed by atoms with Crippen molar-refractivity contribution in [2.24, 2.45) is 11.8 Å². The average Bonchev–Trinajstić information content (AvgIpc) is 3.22. The van der Waals surface area contributed by atoms with Crippen LogP contribution in [0.2, 0.25) is 5.02 Å². The molecule has 3 aliphatic heterocycles. The van der Waals surface area contributed by atoms with Gasteiger partial charge in [-0.2, -0.15) is 0 Å². The van der Waals surface area contributed by atoms with Gasteiger partial charge in [0, 0.05) is 76.5 Å². The van der Waals surface area contributed by atoms with Gasteiger partial charge in [0.1, 0.15) is 0 Å². The molecule has 1 N–H and O–H groups in total. The first-order chi connectivity index (χ1) is 13.4. The van der Waals surface area contributed by atoms with E-state index in [-0.39, 0.29) is 5.91 Å². The number of benzene rings is 1.